The van der Waals surface area contributed by atoms with Crippen LogP contribution in [0.3, 0.4) is 0 Å². The molecule has 1 rings (SSSR count). The third-order valence-corrected chi connectivity index (χ3v) is 2.76. The van der Waals surface area contributed by atoms with E-state index < -0.39 is 53.7 Å². The topological polar surface area (TPSA) is 58.5 Å². The second-order valence-electron chi connectivity index (χ2n) is 4.50. The SMILES string of the molecule is O=C1NC(C(F)(F)F)(C(F)(F)F)N=C1C(=O)C(C(F)(F)F)C(F)(F)F. The van der Waals surface area contributed by atoms with Crippen LogP contribution in [0.15, 0.2) is 4.99 Å². The average molecular weight is 398 g/mol. The minimum absolute atomic E-state index is 0.0879. The summed E-state index contributed by atoms with van der Waals surface area (Å²) >= 11 is 0. The molecule has 0 radical (unpaired) electrons. The number of Topliss-reactive ketones (excluding diaryl/α,β-unsaturated/α-hetero) is 1. The second-order valence-corrected chi connectivity index (χ2v) is 4.50. The van der Waals surface area contributed by atoms with E-state index in [0.717, 1.165) is 0 Å². The van der Waals surface area contributed by atoms with Crippen molar-refractivity contribution >= 4 is 17.4 Å². The number of amides is 1. The largest absolute Gasteiger partial charge is 0.441 e. The van der Waals surface area contributed by atoms with Gasteiger partial charge in [-0.1, -0.05) is 0 Å². The van der Waals surface area contributed by atoms with E-state index in [1.54, 1.807) is 4.99 Å². The summed E-state index contributed by atoms with van der Waals surface area (Å²) in [5.41, 5.74) is -8.33. The zero-order chi connectivity index (χ0) is 20.2. The fraction of sp³-hybridized carbons (Fsp3) is 0.667. The third-order valence-electron chi connectivity index (χ3n) is 2.76. The molecule has 0 saturated heterocycles. The Labute approximate surface area is 127 Å². The Morgan fingerprint density at radius 3 is 1.44 bits per heavy atom. The first-order valence-electron chi connectivity index (χ1n) is 5.49. The first kappa shape index (κ1) is 21.0. The maximum atomic E-state index is 12.6. The van der Waals surface area contributed by atoms with Gasteiger partial charge in [0, 0.05) is 0 Å². The van der Waals surface area contributed by atoms with Crippen molar-refractivity contribution in [2.75, 3.05) is 0 Å². The fourth-order valence-electron chi connectivity index (χ4n) is 1.69. The number of carbonyl (C=O) groups is 2. The number of halogens is 12. The maximum absolute atomic E-state index is 12.6. The molecule has 1 N–H and O–H groups in total. The minimum atomic E-state index is -6.51. The van der Waals surface area contributed by atoms with Gasteiger partial charge in [-0.2, -0.15) is 52.7 Å². The van der Waals surface area contributed by atoms with Gasteiger partial charge in [0.15, 0.2) is 5.71 Å². The van der Waals surface area contributed by atoms with E-state index in [0.29, 0.717) is 0 Å². The zero-order valence-electron chi connectivity index (χ0n) is 10.9. The molecule has 0 aliphatic carbocycles. The Hall–Kier alpha value is -2.03. The quantitative estimate of drug-likeness (QED) is 0.728. The van der Waals surface area contributed by atoms with E-state index in [9.17, 15) is 62.3 Å². The molecule has 1 amide bonds. The first-order valence-corrected chi connectivity index (χ1v) is 5.49. The summed E-state index contributed by atoms with van der Waals surface area (Å²) in [6.07, 6.45) is -25.9. The molecule has 1 heterocycles. The molecular weight excluding hydrogens is 396 g/mol. The molecule has 0 unspecified atom stereocenters. The molecule has 0 fully saturated rings. The monoisotopic (exact) mass is 398 g/mol. The molecule has 144 valence electrons. The summed E-state index contributed by atoms with van der Waals surface area (Å²) in [7, 11) is 0. The number of hydrogen-bond donors (Lipinski definition) is 1. The Kier molecular flexibility index (Phi) is 4.61. The van der Waals surface area contributed by atoms with Gasteiger partial charge in [0.05, 0.1) is 0 Å². The predicted octanol–water partition coefficient (Wildman–Crippen LogP) is 2.69. The van der Waals surface area contributed by atoms with Gasteiger partial charge in [-0.25, -0.2) is 4.99 Å². The number of carbonyl (C=O) groups excluding carboxylic acids is 2. The molecule has 25 heavy (non-hydrogen) atoms. The summed E-state index contributed by atoms with van der Waals surface area (Å²) in [5, 5.41) is 0.0879. The Balaban J connectivity index is 3.56. The van der Waals surface area contributed by atoms with Crippen LogP contribution in [0.25, 0.3) is 0 Å². The summed E-state index contributed by atoms with van der Waals surface area (Å²) in [5.74, 6) is -11.2. The fourth-order valence-corrected chi connectivity index (χ4v) is 1.69. The molecule has 0 aromatic rings. The van der Waals surface area contributed by atoms with Gasteiger partial charge in [-0.15, -0.1) is 0 Å². The molecule has 1 aliphatic rings. The van der Waals surface area contributed by atoms with Gasteiger partial charge < -0.3 is 5.32 Å². The van der Waals surface area contributed by atoms with E-state index in [4.69, 9.17) is 0 Å². The molecule has 0 saturated carbocycles. The maximum Gasteiger partial charge on any atom is 0.441 e. The summed E-state index contributed by atoms with van der Waals surface area (Å²) < 4.78 is 150. The summed E-state index contributed by atoms with van der Waals surface area (Å²) in [6, 6.07) is 0. The van der Waals surface area contributed by atoms with Crippen LogP contribution in [0.2, 0.25) is 0 Å². The van der Waals surface area contributed by atoms with Crippen LogP contribution in [-0.2, 0) is 9.59 Å². The summed E-state index contributed by atoms with van der Waals surface area (Å²) in [6.45, 7) is 0. The highest BCUT2D eigenvalue weighted by molar-refractivity contribution is 6.67. The molecule has 4 nitrogen and oxygen atoms in total. The predicted molar refractivity (Wildman–Crippen MR) is 51.0 cm³/mol. The molecule has 16 heteroatoms. The molecule has 1 aliphatic heterocycles. The Morgan fingerprint density at radius 2 is 1.20 bits per heavy atom. The highest BCUT2D eigenvalue weighted by Gasteiger charge is 2.76. The van der Waals surface area contributed by atoms with Crippen molar-refractivity contribution in [3.05, 3.63) is 0 Å². The zero-order valence-corrected chi connectivity index (χ0v) is 10.9. The van der Waals surface area contributed by atoms with Crippen LogP contribution in [-0.4, -0.2) is 47.8 Å². The smallest absolute Gasteiger partial charge is 0.311 e. The van der Waals surface area contributed by atoms with Crippen molar-refractivity contribution in [3.8, 4) is 0 Å². The lowest BCUT2D eigenvalue weighted by atomic mass is 9.98. The number of nitrogens with one attached hydrogen (secondary N) is 1. The highest BCUT2D eigenvalue weighted by Crippen LogP contribution is 2.47. The van der Waals surface area contributed by atoms with Crippen LogP contribution in [0.5, 0.6) is 0 Å². The lowest BCUT2D eigenvalue weighted by Gasteiger charge is -2.30. The van der Waals surface area contributed by atoms with Crippen molar-refractivity contribution in [2.45, 2.75) is 30.4 Å². The van der Waals surface area contributed by atoms with Crippen LogP contribution in [0.4, 0.5) is 52.7 Å². The van der Waals surface area contributed by atoms with Gasteiger partial charge in [-0.3, -0.25) is 9.59 Å². The Morgan fingerprint density at radius 1 is 0.840 bits per heavy atom. The van der Waals surface area contributed by atoms with E-state index >= 15 is 0 Å². The van der Waals surface area contributed by atoms with Gasteiger partial charge >= 0.3 is 30.4 Å². The van der Waals surface area contributed by atoms with E-state index in [-0.39, 0.29) is 5.32 Å². The summed E-state index contributed by atoms with van der Waals surface area (Å²) in [4.78, 5) is 23.9. The van der Waals surface area contributed by atoms with Crippen LogP contribution in [0.1, 0.15) is 0 Å². The Bertz CT molecular complexity index is 580. The molecule has 0 bridgehead atoms. The van der Waals surface area contributed by atoms with Crippen molar-refractivity contribution < 1.29 is 62.3 Å². The normalized spacial score (nSPS) is 19.1. The number of ketones is 1. The second kappa shape index (κ2) is 5.48. The number of hydrogen-bond acceptors (Lipinski definition) is 3. The standard InChI is InChI=1S/C9H2F12N2O2/c10-5(11,12)3(6(13,14)15)2(24)1-4(25)23-7(22-1,8(16,17)18)9(19,20)21/h3H,(H,23,25). The number of alkyl halides is 12. The molecule has 0 atom stereocenters. The van der Waals surface area contributed by atoms with Crippen molar-refractivity contribution in [1.29, 1.82) is 0 Å². The van der Waals surface area contributed by atoms with Gasteiger partial charge in [0.2, 0.25) is 11.7 Å². The number of rotatable bonds is 2. The van der Waals surface area contributed by atoms with Crippen LogP contribution >= 0.6 is 0 Å². The molecule has 0 spiro atoms. The van der Waals surface area contributed by atoms with Gasteiger partial charge in [0.25, 0.3) is 5.91 Å². The van der Waals surface area contributed by atoms with E-state index in [2.05, 4.69) is 0 Å². The molecular formula is C9H2F12N2O2. The first-order chi connectivity index (χ1) is 10.8. The van der Waals surface area contributed by atoms with Gasteiger partial charge in [0.1, 0.15) is 0 Å². The average Bonchev–Trinajstić information content (AvgIpc) is 2.62. The van der Waals surface area contributed by atoms with Crippen molar-refractivity contribution in [3.63, 3.8) is 0 Å². The number of nitrogens with zero attached hydrogens (tertiary/aromatic N) is 1. The van der Waals surface area contributed by atoms with Crippen LogP contribution in [0, 0.1) is 5.92 Å². The van der Waals surface area contributed by atoms with E-state index in [1.165, 1.54) is 0 Å². The van der Waals surface area contributed by atoms with Crippen LogP contribution < -0.4 is 5.32 Å². The lowest BCUT2D eigenvalue weighted by Crippen LogP contribution is -2.63. The minimum Gasteiger partial charge on any atom is -0.311 e. The van der Waals surface area contributed by atoms with Crippen molar-refractivity contribution in [2.24, 2.45) is 10.9 Å². The molecule has 0 aromatic heterocycles. The van der Waals surface area contributed by atoms with Crippen molar-refractivity contribution in [1.82, 2.24) is 5.32 Å². The van der Waals surface area contributed by atoms with E-state index in [1.807, 2.05) is 0 Å². The highest BCUT2D eigenvalue weighted by atomic mass is 19.4. The lowest BCUT2D eigenvalue weighted by molar-refractivity contribution is -0.300. The third kappa shape index (κ3) is 3.51. The molecule has 0 aromatic carbocycles. The number of aliphatic imine (C=N–C) groups is 1. The van der Waals surface area contributed by atoms with Gasteiger partial charge in [-0.05, 0) is 0 Å².